The molecule has 1 heterocycles. The molecule has 0 radical (unpaired) electrons. The summed E-state index contributed by atoms with van der Waals surface area (Å²) in [4.78, 5) is 21.9. The van der Waals surface area contributed by atoms with Crippen LogP contribution in [0.25, 0.3) is 0 Å². The molecule has 1 unspecified atom stereocenters. The summed E-state index contributed by atoms with van der Waals surface area (Å²) in [6.45, 7) is 0. The molecule has 1 fully saturated rings. The quantitative estimate of drug-likeness (QED) is 0.650. The summed E-state index contributed by atoms with van der Waals surface area (Å²) >= 11 is 0. The number of ether oxygens (including phenoxy) is 2. The molecule has 0 bridgehead atoms. The Morgan fingerprint density at radius 1 is 1.38 bits per heavy atom. The van der Waals surface area contributed by atoms with E-state index < -0.39 is 33.0 Å². The van der Waals surface area contributed by atoms with E-state index in [1.165, 1.54) is 19.2 Å². The Morgan fingerprint density at radius 3 is 2.67 bits per heavy atom. The van der Waals surface area contributed by atoms with Crippen molar-refractivity contribution in [3.63, 3.8) is 0 Å². The van der Waals surface area contributed by atoms with E-state index in [0.29, 0.717) is 0 Å². The number of methoxy groups -OCH3 is 1. The van der Waals surface area contributed by atoms with Gasteiger partial charge in [-0.05, 0) is 12.1 Å². The number of imide groups is 1. The molecule has 2 amide bonds. The first-order valence-corrected chi connectivity index (χ1v) is 7.32. The summed E-state index contributed by atoms with van der Waals surface area (Å²) in [7, 11) is -3.79. The second kappa shape index (κ2) is 5.68. The van der Waals surface area contributed by atoms with E-state index in [0.717, 1.165) is 6.07 Å². The highest BCUT2D eigenvalue weighted by Gasteiger charge is 2.29. The first-order valence-electron chi connectivity index (χ1n) is 5.94. The molecule has 21 heavy (non-hydrogen) atoms. The van der Waals surface area contributed by atoms with Crippen molar-refractivity contribution in [3.05, 3.63) is 18.2 Å². The fourth-order valence-electron chi connectivity index (χ4n) is 1.87. The van der Waals surface area contributed by atoms with Crippen molar-refractivity contribution >= 4 is 22.0 Å². The van der Waals surface area contributed by atoms with Crippen molar-refractivity contribution in [1.29, 1.82) is 0 Å². The third kappa shape index (κ3) is 3.48. The van der Waals surface area contributed by atoms with Gasteiger partial charge in [0.2, 0.25) is 5.91 Å². The number of halogens is 1. The standard InChI is InChI=1S/C12H12FNO6S.H2/c1-19-8-3-2-7(6-10(8)21(13,17)18)20-9-4-5-11(15)14-12(9)16;/h2-3,6,9H,4-5H2,1H3,(H,14,15,16);1H. The number of rotatable bonds is 4. The molecule has 2 rings (SSSR count). The Bertz CT molecular complexity index is 693. The van der Waals surface area contributed by atoms with Gasteiger partial charge in [0.15, 0.2) is 6.10 Å². The third-order valence-corrected chi connectivity index (χ3v) is 3.71. The predicted octanol–water partition coefficient (Wildman–Crippen LogP) is 0.783. The van der Waals surface area contributed by atoms with E-state index in [-0.39, 0.29) is 25.8 Å². The fourth-order valence-corrected chi connectivity index (χ4v) is 2.52. The summed E-state index contributed by atoms with van der Waals surface area (Å²) in [5.41, 5.74) is 0. The maximum atomic E-state index is 13.2. The number of hydrogen-bond acceptors (Lipinski definition) is 6. The van der Waals surface area contributed by atoms with Gasteiger partial charge in [-0.3, -0.25) is 14.9 Å². The molecular formula is C12H14FNO6S. The lowest BCUT2D eigenvalue weighted by Crippen LogP contribution is -2.46. The molecule has 9 heteroatoms. The van der Waals surface area contributed by atoms with Crippen LogP contribution in [0.1, 0.15) is 14.3 Å². The predicted molar refractivity (Wildman–Crippen MR) is 70.2 cm³/mol. The minimum absolute atomic E-state index is 0. The number of carbonyl (C=O) groups is 2. The van der Waals surface area contributed by atoms with Gasteiger partial charge in [0.1, 0.15) is 16.4 Å². The first kappa shape index (κ1) is 15.2. The molecule has 7 nitrogen and oxygen atoms in total. The molecule has 1 atom stereocenters. The van der Waals surface area contributed by atoms with Gasteiger partial charge in [0.05, 0.1) is 7.11 Å². The van der Waals surface area contributed by atoms with Crippen LogP contribution in [0.5, 0.6) is 11.5 Å². The van der Waals surface area contributed by atoms with Crippen LogP contribution >= 0.6 is 0 Å². The molecule has 0 spiro atoms. The zero-order valence-corrected chi connectivity index (χ0v) is 11.8. The van der Waals surface area contributed by atoms with E-state index in [4.69, 9.17) is 9.47 Å². The smallest absolute Gasteiger partial charge is 0.335 e. The monoisotopic (exact) mass is 319 g/mol. The van der Waals surface area contributed by atoms with Crippen LogP contribution in [0.3, 0.4) is 0 Å². The number of hydrogen-bond donors (Lipinski definition) is 1. The molecule has 0 aromatic heterocycles. The Kier molecular flexibility index (Phi) is 4.12. The molecule has 0 aliphatic carbocycles. The lowest BCUT2D eigenvalue weighted by atomic mass is 10.1. The van der Waals surface area contributed by atoms with Crippen LogP contribution in [0.4, 0.5) is 3.89 Å². The summed E-state index contributed by atoms with van der Waals surface area (Å²) < 4.78 is 45.3. The van der Waals surface area contributed by atoms with Gasteiger partial charge in [-0.2, -0.15) is 8.42 Å². The summed E-state index contributed by atoms with van der Waals surface area (Å²) in [6, 6.07) is 3.49. The van der Waals surface area contributed by atoms with Crippen molar-refractivity contribution in [1.82, 2.24) is 5.32 Å². The number of nitrogens with one attached hydrogen (secondary N) is 1. The highest BCUT2D eigenvalue weighted by molar-refractivity contribution is 7.86. The van der Waals surface area contributed by atoms with E-state index in [1.807, 2.05) is 0 Å². The maximum absolute atomic E-state index is 13.2. The molecular weight excluding hydrogens is 305 g/mol. The van der Waals surface area contributed by atoms with Crippen LogP contribution in [0.15, 0.2) is 23.1 Å². The molecule has 1 N–H and O–H groups in total. The third-order valence-electron chi connectivity index (χ3n) is 2.86. The molecule has 1 aromatic carbocycles. The molecule has 116 valence electrons. The molecule has 0 saturated carbocycles. The van der Waals surface area contributed by atoms with Crippen molar-refractivity contribution in [2.75, 3.05) is 7.11 Å². The first-order chi connectivity index (χ1) is 9.81. The van der Waals surface area contributed by atoms with E-state index in [9.17, 15) is 21.9 Å². The van der Waals surface area contributed by atoms with Gasteiger partial charge in [-0.1, -0.05) is 0 Å². The average Bonchev–Trinajstić information content (AvgIpc) is 2.41. The number of piperidine rings is 1. The van der Waals surface area contributed by atoms with Crippen molar-refractivity contribution in [3.8, 4) is 11.5 Å². The van der Waals surface area contributed by atoms with Crippen molar-refractivity contribution in [2.45, 2.75) is 23.8 Å². The van der Waals surface area contributed by atoms with Crippen molar-refractivity contribution in [2.24, 2.45) is 0 Å². The van der Waals surface area contributed by atoms with E-state index in [2.05, 4.69) is 5.32 Å². The van der Waals surface area contributed by atoms with Crippen LogP contribution < -0.4 is 14.8 Å². The van der Waals surface area contributed by atoms with E-state index >= 15 is 0 Å². The SMILES string of the molecule is COc1ccc(OC2CCC(=O)NC2=O)cc1S(=O)(=O)F.[HH]. The second-order valence-corrected chi connectivity index (χ2v) is 5.62. The normalized spacial score (nSPS) is 19.0. The topological polar surface area (TPSA) is 98.8 Å². The fraction of sp³-hybridized carbons (Fsp3) is 0.333. The average molecular weight is 319 g/mol. The van der Waals surface area contributed by atoms with Gasteiger partial charge in [-0.25, -0.2) is 0 Å². The molecule has 1 aromatic rings. The Hall–Kier alpha value is -2.16. The lowest BCUT2D eigenvalue weighted by molar-refractivity contribution is -0.138. The maximum Gasteiger partial charge on any atom is 0.335 e. The molecule has 1 aliphatic rings. The van der Waals surface area contributed by atoms with Crippen LogP contribution in [-0.4, -0.2) is 33.4 Å². The highest BCUT2D eigenvalue weighted by Crippen LogP contribution is 2.30. The highest BCUT2D eigenvalue weighted by atomic mass is 32.3. The largest absolute Gasteiger partial charge is 0.495 e. The van der Waals surface area contributed by atoms with Gasteiger partial charge in [0, 0.05) is 20.3 Å². The van der Waals surface area contributed by atoms with Crippen LogP contribution in [0.2, 0.25) is 0 Å². The molecule has 1 saturated heterocycles. The van der Waals surface area contributed by atoms with Gasteiger partial charge >= 0.3 is 10.2 Å². The Morgan fingerprint density at radius 2 is 2.10 bits per heavy atom. The number of carbonyl (C=O) groups excluding carboxylic acids is 2. The van der Waals surface area contributed by atoms with Gasteiger partial charge < -0.3 is 9.47 Å². The summed E-state index contributed by atoms with van der Waals surface area (Å²) in [5.74, 6) is -1.21. The summed E-state index contributed by atoms with van der Waals surface area (Å²) in [5, 5.41) is 2.10. The Balaban J connectivity index is 0.00000242. The lowest BCUT2D eigenvalue weighted by Gasteiger charge is -2.22. The Labute approximate surface area is 121 Å². The van der Waals surface area contributed by atoms with Gasteiger partial charge in [-0.15, -0.1) is 3.89 Å². The van der Waals surface area contributed by atoms with Crippen molar-refractivity contribution < 1.29 is 32.8 Å². The number of benzene rings is 1. The zero-order chi connectivity index (χ0) is 15.6. The summed E-state index contributed by atoms with van der Waals surface area (Å²) in [6.07, 6.45) is -0.666. The zero-order valence-electron chi connectivity index (χ0n) is 11.0. The van der Waals surface area contributed by atoms with Crippen LogP contribution in [0, 0.1) is 0 Å². The minimum Gasteiger partial charge on any atom is -0.495 e. The second-order valence-electron chi connectivity index (χ2n) is 4.31. The minimum atomic E-state index is -4.99. The number of amides is 2. The van der Waals surface area contributed by atoms with E-state index in [1.54, 1.807) is 0 Å². The van der Waals surface area contributed by atoms with Gasteiger partial charge in [0.25, 0.3) is 5.91 Å². The molecule has 1 aliphatic heterocycles. The van der Waals surface area contributed by atoms with Crippen LogP contribution in [-0.2, 0) is 19.8 Å².